The lowest BCUT2D eigenvalue weighted by molar-refractivity contribution is 0.0492. The molecule has 1 aromatic heterocycles. The van der Waals surface area contributed by atoms with Crippen molar-refractivity contribution in [3.63, 3.8) is 0 Å². The maximum atomic E-state index is 12.9. The van der Waals surface area contributed by atoms with E-state index in [0.29, 0.717) is 11.6 Å². The van der Waals surface area contributed by atoms with E-state index >= 15 is 0 Å². The van der Waals surface area contributed by atoms with Crippen molar-refractivity contribution in [2.45, 2.75) is 89.3 Å². The Bertz CT molecular complexity index is 1820. The van der Waals surface area contributed by atoms with E-state index in [0.717, 1.165) is 65.3 Å². The molecule has 0 unspecified atom stereocenters. The Kier molecular flexibility index (Phi) is 9.55. The lowest BCUT2D eigenvalue weighted by Crippen LogP contribution is -2.42. The molecule has 45 heavy (non-hydrogen) atoms. The molecule has 9 nitrogen and oxygen atoms in total. The van der Waals surface area contributed by atoms with Crippen molar-refractivity contribution in [1.82, 2.24) is 15.3 Å². The van der Waals surface area contributed by atoms with Crippen LogP contribution in [-0.4, -0.2) is 42.2 Å². The number of sulfonamides is 1. The summed E-state index contributed by atoms with van der Waals surface area (Å²) in [4.78, 5) is 21.7. The van der Waals surface area contributed by atoms with Gasteiger partial charge in [-0.25, -0.2) is 23.2 Å². The predicted molar refractivity (Wildman–Crippen MR) is 180 cm³/mol. The van der Waals surface area contributed by atoms with Crippen molar-refractivity contribution < 1.29 is 17.9 Å². The Morgan fingerprint density at radius 3 is 2.40 bits per heavy atom. The summed E-state index contributed by atoms with van der Waals surface area (Å²) in [6.45, 7) is 9.64. The zero-order valence-electron chi connectivity index (χ0n) is 26.3. The van der Waals surface area contributed by atoms with Crippen molar-refractivity contribution >= 4 is 50.3 Å². The Morgan fingerprint density at radius 1 is 1.02 bits per heavy atom. The third-order valence-corrected chi connectivity index (χ3v) is 9.72. The molecule has 1 fully saturated rings. The van der Waals surface area contributed by atoms with Gasteiger partial charge in [-0.3, -0.25) is 4.72 Å². The van der Waals surface area contributed by atoms with E-state index in [-0.39, 0.29) is 28.1 Å². The van der Waals surface area contributed by atoms with Crippen LogP contribution < -0.4 is 15.4 Å². The maximum Gasteiger partial charge on any atom is 0.407 e. The molecule has 1 amide bonds. The number of hydrogen-bond acceptors (Lipinski definition) is 7. The Morgan fingerprint density at radius 2 is 1.73 bits per heavy atom. The van der Waals surface area contributed by atoms with E-state index in [2.05, 4.69) is 39.4 Å². The fourth-order valence-corrected chi connectivity index (χ4v) is 7.25. The molecule has 1 saturated carbocycles. The number of fused-ring (bicyclic) bond motifs is 1. The molecule has 0 spiro atoms. The summed E-state index contributed by atoms with van der Waals surface area (Å²) in [5, 5.41) is 7.59. The number of alkyl carbamates (subject to hydrolysis) is 1. The molecule has 0 atom stereocenters. The first-order valence-electron chi connectivity index (χ1n) is 15.3. The van der Waals surface area contributed by atoms with Gasteiger partial charge in [-0.1, -0.05) is 36.7 Å². The summed E-state index contributed by atoms with van der Waals surface area (Å²) in [6.07, 6.45) is 5.77. The van der Waals surface area contributed by atoms with Crippen LogP contribution in [0.3, 0.4) is 0 Å². The number of amides is 1. The van der Waals surface area contributed by atoms with Crippen LogP contribution in [0.1, 0.15) is 64.5 Å². The van der Waals surface area contributed by atoms with E-state index in [1.165, 1.54) is 6.07 Å². The van der Waals surface area contributed by atoms with Crippen LogP contribution in [0.25, 0.3) is 22.0 Å². The van der Waals surface area contributed by atoms with Gasteiger partial charge in [0.05, 0.1) is 10.5 Å². The lowest BCUT2D eigenvalue weighted by Gasteiger charge is -2.30. The van der Waals surface area contributed by atoms with Gasteiger partial charge in [0.1, 0.15) is 10.5 Å². The van der Waals surface area contributed by atoms with Crippen molar-refractivity contribution in [3.8, 4) is 11.1 Å². The summed E-state index contributed by atoms with van der Waals surface area (Å²) in [5.41, 5.74) is 4.87. The minimum atomic E-state index is -3.83. The molecule has 238 valence electrons. The first-order valence-corrected chi connectivity index (χ1v) is 17.1. The molecule has 3 aromatic carbocycles. The number of aryl methyl sites for hydroxylation is 2. The highest BCUT2D eigenvalue weighted by atomic mass is 35.5. The summed E-state index contributed by atoms with van der Waals surface area (Å²) >= 11 is 6.13. The summed E-state index contributed by atoms with van der Waals surface area (Å²) in [6, 6.07) is 16.4. The topological polar surface area (TPSA) is 122 Å². The van der Waals surface area contributed by atoms with Crippen LogP contribution in [-0.2, 0) is 21.2 Å². The lowest BCUT2D eigenvalue weighted by atomic mass is 9.91. The van der Waals surface area contributed by atoms with Crippen LogP contribution in [0.4, 0.5) is 16.4 Å². The normalized spacial score (nSPS) is 17.1. The zero-order chi connectivity index (χ0) is 32.4. The Balaban J connectivity index is 1.28. The number of aromatic nitrogens is 2. The Hall–Kier alpha value is -3.89. The van der Waals surface area contributed by atoms with Gasteiger partial charge in [0.15, 0.2) is 0 Å². The Labute approximate surface area is 270 Å². The fourth-order valence-electron chi connectivity index (χ4n) is 5.68. The van der Waals surface area contributed by atoms with E-state index in [9.17, 15) is 13.2 Å². The highest BCUT2D eigenvalue weighted by molar-refractivity contribution is 7.92. The van der Waals surface area contributed by atoms with Crippen LogP contribution in [0.15, 0.2) is 65.7 Å². The quantitative estimate of drug-likeness (QED) is 0.177. The maximum absolute atomic E-state index is 12.9. The number of nitrogens with zero attached hydrogens (tertiary/aromatic N) is 2. The van der Waals surface area contributed by atoms with Gasteiger partial charge in [0.25, 0.3) is 10.0 Å². The van der Waals surface area contributed by atoms with Gasteiger partial charge in [0.2, 0.25) is 5.95 Å². The molecule has 1 heterocycles. The number of hydrogen-bond donors (Lipinski definition) is 3. The second-order valence-corrected chi connectivity index (χ2v) is 14.6. The summed E-state index contributed by atoms with van der Waals surface area (Å²) in [7, 11) is -3.83. The first-order chi connectivity index (χ1) is 21.3. The van der Waals surface area contributed by atoms with Gasteiger partial charge < -0.3 is 15.4 Å². The number of benzene rings is 3. The van der Waals surface area contributed by atoms with Crippen molar-refractivity contribution in [2.24, 2.45) is 0 Å². The molecule has 4 aromatic rings. The van der Waals surface area contributed by atoms with E-state index < -0.39 is 15.6 Å². The third kappa shape index (κ3) is 8.04. The second kappa shape index (κ2) is 13.2. The van der Waals surface area contributed by atoms with Crippen molar-refractivity contribution in [2.75, 3.05) is 10.0 Å². The van der Waals surface area contributed by atoms with E-state index in [4.69, 9.17) is 21.3 Å². The first kappa shape index (κ1) is 32.5. The molecule has 3 N–H and O–H groups in total. The molecule has 0 saturated heterocycles. The van der Waals surface area contributed by atoms with Gasteiger partial charge >= 0.3 is 6.09 Å². The van der Waals surface area contributed by atoms with Crippen LogP contribution in [0, 0.1) is 6.92 Å². The third-order valence-electron chi connectivity index (χ3n) is 7.84. The average molecular weight is 650 g/mol. The number of anilines is 2. The monoisotopic (exact) mass is 649 g/mol. The van der Waals surface area contributed by atoms with Crippen molar-refractivity contribution in [1.29, 1.82) is 0 Å². The summed E-state index contributed by atoms with van der Waals surface area (Å²) < 4.78 is 33.9. The smallest absolute Gasteiger partial charge is 0.407 e. The number of carbonyl (C=O) groups excluding carboxylic acids is 1. The minimum Gasteiger partial charge on any atom is -0.444 e. The highest BCUT2D eigenvalue weighted by Gasteiger charge is 2.25. The standard InChI is InChI=1S/C34H40ClN5O4S/c1-6-22-18-23(28-16-15-27(17-21(28)2)40-45(42,43)30-10-8-7-9-29(30)35)19-24-20-36-32(39-31(22)24)37-25-11-13-26(14-12-25)38-33(41)44-34(3,4)5/h7-10,15-20,25-26,40H,6,11-14H2,1-5H3,(H,38,41)(H,36,37,39). The molecular weight excluding hydrogens is 610 g/mol. The summed E-state index contributed by atoms with van der Waals surface area (Å²) in [5.74, 6) is 0.597. The zero-order valence-corrected chi connectivity index (χ0v) is 27.8. The number of rotatable bonds is 8. The van der Waals surface area contributed by atoms with Crippen molar-refractivity contribution in [3.05, 3.63) is 76.9 Å². The number of halogens is 1. The molecule has 1 aliphatic carbocycles. The van der Waals surface area contributed by atoms with E-state index in [1.54, 1.807) is 24.3 Å². The van der Waals surface area contributed by atoms with E-state index in [1.807, 2.05) is 46.0 Å². The van der Waals surface area contributed by atoms with Gasteiger partial charge in [0, 0.05) is 29.4 Å². The largest absolute Gasteiger partial charge is 0.444 e. The van der Waals surface area contributed by atoms with Crippen LogP contribution in [0.5, 0.6) is 0 Å². The van der Waals surface area contributed by atoms with Gasteiger partial charge in [-0.2, -0.15) is 0 Å². The van der Waals surface area contributed by atoms with Crippen LogP contribution in [0.2, 0.25) is 5.02 Å². The molecule has 11 heteroatoms. The number of ether oxygens (including phenoxy) is 1. The molecule has 0 bridgehead atoms. The van der Waals surface area contributed by atoms with Gasteiger partial charge in [-0.05, 0) is 118 Å². The molecule has 0 radical (unpaired) electrons. The molecular formula is C34H40ClN5O4S. The minimum absolute atomic E-state index is 0.0345. The van der Waals surface area contributed by atoms with Gasteiger partial charge in [-0.15, -0.1) is 0 Å². The van der Waals surface area contributed by atoms with Crippen LogP contribution >= 0.6 is 11.6 Å². The average Bonchev–Trinajstić information content (AvgIpc) is 2.96. The number of nitrogens with one attached hydrogen (secondary N) is 3. The molecule has 5 rings (SSSR count). The second-order valence-electron chi connectivity index (χ2n) is 12.5. The molecule has 0 aliphatic heterocycles. The highest BCUT2D eigenvalue weighted by Crippen LogP contribution is 2.32. The fraction of sp³-hybridized carbons (Fsp3) is 0.382. The number of carbonyl (C=O) groups is 1. The SMILES string of the molecule is CCc1cc(-c2ccc(NS(=O)(=O)c3ccccc3Cl)cc2C)cc2cnc(NC3CCC(NC(=O)OC(C)(C)C)CC3)nc12. The molecule has 1 aliphatic rings. The predicted octanol–water partition coefficient (Wildman–Crippen LogP) is 7.87.